The number of carbonyl (C=O) groups excluding carboxylic acids is 2. The molecule has 0 bridgehead atoms. The normalized spacial score (nSPS) is 20.6. The number of nitrogens with zero attached hydrogens (tertiary/aromatic N) is 1. The molecule has 0 spiro atoms. The first-order chi connectivity index (χ1) is 9.56. The lowest BCUT2D eigenvalue weighted by Crippen LogP contribution is -2.32. The van der Waals surface area contributed by atoms with Crippen LogP contribution in [0.15, 0.2) is 24.3 Å². The fourth-order valence-electron chi connectivity index (χ4n) is 2.57. The minimum atomic E-state index is -0.213. The van der Waals surface area contributed by atoms with Crippen LogP contribution in [-0.2, 0) is 9.59 Å². The van der Waals surface area contributed by atoms with Crippen LogP contribution in [0, 0.1) is 5.92 Å². The summed E-state index contributed by atoms with van der Waals surface area (Å²) in [6.07, 6.45) is 1.36. The smallest absolute Gasteiger partial charge is 0.237 e. The van der Waals surface area contributed by atoms with E-state index < -0.39 is 0 Å². The molecule has 4 nitrogen and oxygen atoms in total. The summed E-state index contributed by atoms with van der Waals surface area (Å²) in [5.74, 6) is -0.405. The molecule has 1 saturated heterocycles. The van der Waals surface area contributed by atoms with Gasteiger partial charge in [0.2, 0.25) is 11.8 Å². The summed E-state index contributed by atoms with van der Waals surface area (Å²) in [4.78, 5) is 25.6. The number of amides is 2. The Morgan fingerprint density at radius 3 is 2.65 bits per heavy atom. The average Bonchev–Trinajstić information content (AvgIpc) is 2.69. The quantitative estimate of drug-likeness (QED) is 0.840. The zero-order valence-electron chi connectivity index (χ0n) is 12.3. The van der Waals surface area contributed by atoms with E-state index in [9.17, 15) is 9.59 Å². The Kier molecular flexibility index (Phi) is 4.55. The molecule has 108 valence electrons. The Bertz CT molecular complexity index is 513. The molecule has 1 aromatic carbocycles. The second-order valence-electron chi connectivity index (χ2n) is 5.41. The molecule has 2 rings (SSSR count). The molecule has 1 N–H and O–H groups in total. The standard InChI is InChI=1S/C16H22N2O2/c1-4-9-17-12(3)13-7-5-6-8-14(13)18-15(19)10-11(2)16(18)20/h5-8,11-12,17H,4,9-10H2,1-3H3. The van der Waals surface area contributed by atoms with Crippen molar-refractivity contribution in [2.75, 3.05) is 11.4 Å². The summed E-state index contributed by atoms with van der Waals surface area (Å²) in [5, 5.41) is 3.40. The van der Waals surface area contributed by atoms with Crippen LogP contribution < -0.4 is 10.2 Å². The SMILES string of the molecule is CCCNC(C)c1ccccc1N1C(=O)CC(C)C1=O. The molecule has 1 aliphatic heterocycles. The van der Waals surface area contributed by atoms with Gasteiger partial charge >= 0.3 is 0 Å². The highest BCUT2D eigenvalue weighted by Crippen LogP contribution is 2.32. The van der Waals surface area contributed by atoms with Crippen LogP contribution in [-0.4, -0.2) is 18.4 Å². The topological polar surface area (TPSA) is 49.4 Å². The van der Waals surface area contributed by atoms with E-state index in [0.717, 1.165) is 24.2 Å². The number of imide groups is 1. The van der Waals surface area contributed by atoms with Gasteiger partial charge < -0.3 is 5.32 Å². The molecule has 2 unspecified atom stereocenters. The van der Waals surface area contributed by atoms with E-state index in [0.29, 0.717) is 6.42 Å². The van der Waals surface area contributed by atoms with Crippen molar-refractivity contribution in [2.45, 2.75) is 39.7 Å². The number of hydrogen-bond acceptors (Lipinski definition) is 3. The average molecular weight is 274 g/mol. The minimum absolute atomic E-state index is 0.0925. The Morgan fingerprint density at radius 1 is 1.35 bits per heavy atom. The van der Waals surface area contributed by atoms with Crippen molar-refractivity contribution in [2.24, 2.45) is 5.92 Å². The van der Waals surface area contributed by atoms with Crippen LogP contribution in [0.5, 0.6) is 0 Å². The Morgan fingerprint density at radius 2 is 2.05 bits per heavy atom. The molecule has 20 heavy (non-hydrogen) atoms. The molecule has 1 aliphatic rings. The molecule has 0 aliphatic carbocycles. The van der Waals surface area contributed by atoms with E-state index in [1.807, 2.05) is 31.2 Å². The van der Waals surface area contributed by atoms with Crippen LogP contribution in [0.4, 0.5) is 5.69 Å². The van der Waals surface area contributed by atoms with Crippen molar-refractivity contribution >= 4 is 17.5 Å². The zero-order valence-corrected chi connectivity index (χ0v) is 12.3. The molecule has 0 radical (unpaired) electrons. The highest BCUT2D eigenvalue weighted by Gasteiger charge is 2.37. The van der Waals surface area contributed by atoms with Gasteiger partial charge in [-0.05, 0) is 31.5 Å². The monoisotopic (exact) mass is 274 g/mol. The number of rotatable bonds is 5. The summed E-state index contributed by atoms with van der Waals surface area (Å²) >= 11 is 0. The Balaban J connectivity index is 2.32. The maximum atomic E-state index is 12.2. The maximum Gasteiger partial charge on any atom is 0.237 e. The van der Waals surface area contributed by atoms with E-state index in [-0.39, 0.29) is 23.8 Å². The van der Waals surface area contributed by atoms with Gasteiger partial charge in [-0.1, -0.05) is 32.0 Å². The number of nitrogens with one attached hydrogen (secondary N) is 1. The van der Waals surface area contributed by atoms with Gasteiger partial charge in [0.05, 0.1) is 5.69 Å². The lowest BCUT2D eigenvalue weighted by molar-refractivity contribution is -0.122. The van der Waals surface area contributed by atoms with Crippen molar-refractivity contribution in [3.8, 4) is 0 Å². The fourth-order valence-corrected chi connectivity index (χ4v) is 2.57. The number of para-hydroxylation sites is 1. The van der Waals surface area contributed by atoms with Crippen molar-refractivity contribution in [3.63, 3.8) is 0 Å². The highest BCUT2D eigenvalue weighted by atomic mass is 16.2. The lowest BCUT2D eigenvalue weighted by atomic mass is 10.0. The van der Waals surface area contributed by atoms with Crippen molar-refractivity contribution in [1.82, 2.24) is 5.32 Å². The predicted molar refractivity (Wildman–Crippen MR) is 79.4 cm³/mol. The highest BCUT2D eigenvalue weighted by molar-refractivity contribution is 6.21. The van der Waals surface area contributed by atoms with Crippen LogP contribution in [0.25, 0.3) is 0 Å². The van der Waals surface area contributed by atoms with E-state index in [1.54, 1.807) is 0 Å². The van der Waals surface area contributed by atoms with Gasteiger partial charge in [0.1, 0.15) is 0 Å². The first-order valence-corrected chi connectivity index (χ1v) is 7.25. The van der Waals surface area contributed by atoms with Gasteiger partial charge in [-0.3, -0.25) is 9.59 Å². The van der Waals surface area contributed by atoms with Crippen LogP contribution in [0.3, 0.4) is 0 Å². The largest absolute Gasteiger partial charge is 0.310 e. The Labute approximate surface area is 120 Å². The minimum Gasteiger partial charge on any atom is -0.310 e. The third-order valence-corrected chi connectivity index (χ3v) is 3.72. The first kappa shape index (κ1) is 14.7. The summed E-state index contributed by atoms with van der Waals surface area (Å²) in [6, 6.07) is 7.76. The predicted octanol–water partition coefficient (Wildman–Crippen LogP) is 2.65. The van der Waals surface area contributed by atoms with Crippen molar-refractivity contribution in [1.29, 1.82) is 0 Å². The second-order valence-corrected chi connectivity index (χ2v) is 5.41. The number of hydrogen-bond donors (Lipinski definition) is 1. The molecule has 1 fully saturated rings. The maximum absolute atomic E-state index is 12.2. The Hall–Kier alpha value is -1.68. The molecular formula is C16H22N2O2. The third kappa shape index (κ3) is 2.75. The fraction of sp³-hybridized carbons (Fsp3) is 0.500. The van der Waals surface area contributed by atoms with E-state index in [4.69, 9.17) is 0 Å². The van der Waals surface area contributed by atoms with Gasteiger partial charge in [0, 0.05) is 18.4 Å². The number of carbonyl (C=O) groups is 2. The van der Waals surface area contributed by atoms with Crippen LogP contribution >= 0.6 is 0 Å². The second kappa shape index (κ2) is 6.18. The molecule has 2 atom stereocenters. The summed E-state index contributed by atoms with van der Waals surface area (Å²) in [6.45, 7) is 6.89. The van der Waals surface area contributed by atoms with Gasteiger partial charge in [-0.15, -0.1) is 0 Å². The number of anilines is 1. The molecular weight excluding hydrogens is 252 g/mol. The zero-order chi connectivity index (χ0) is 14.7. The van der Waals surface area contributed by atoms with Gasteiger partial charge in [0.15, 0.2) is 0 Å². The first-order valence-electron chi connectivity index (χ1n) is 7.25. The molecule has 0 saturated carbocycles. The van der Waals surface area contributed by atoms with E-state index in [2.05, 4.69) is 19.2 Å². The molecule has 2 amide bonds. The van der Waals surface area contributed by atoms with Gasteiger partial charge in [-0.25, -0.2) is 4.90 Å². The lowest BCUT2D eigenvalue weighted by Gasteiger charge is -2.22. The van der Waals surface area contributed by atoms with E-state index in [1.165, 1.54) is 4.90 Å². The van der Waals surface area contributed by atoms with Crippen molar-refractivity contribution < 1.29 is 9.59 Å². The van der Waals surface area contributed by atoms with E-state index >= 15 is 0 Å². The summed E-state index contributed by atoms with van der Waals surface area (Å²) < 4.78 is 0. The van der Waals surface area contributed by atoms with Crippen LogP contribution in [0.1, 0.15) is 45.2 Å². The molecule has 0 aromatic heterocycles. The molecule has 1 heterocycles. The molecule has 1 aromatic rings. The number of benzene rings is 1. The molecule has 4 heteroatoms. The van der Waals surface area contributed by atoms with Gasteiger partial charge in [-0.2, -0.15) is 0 Å². The van der Waals surface area contributed by atoms with Crippen molar-refractivity contribution in [3.05, 3.63) is 29.8 Å². The third-order valence-electron chi connectivity index (χ3n) is 3.72. The van der Waals surface area contributed by atoms with Gasteiger partial charge in [0.25, 0.3) is 0 Å². The van der Waals surface area contributed by atoms with Crippen LogP contribution in [0.2, 0.25) is 0 Å². The summed E-state index contributed by atoms with van der Waals surface area (Å²) in [7, 11) is 0. The summed E-state index contributed by atoms with van der Waals surface area (Å²) in [5.41, 5.74) is 1.72.